The molecule has 0 aliphatic rings. The zero-order chi connectivity index (χ0) is 13.7. The average molecular weight is 253 g/mol. The van der Waals surface area contributed by atoms with E-state index < -0.39 is 4.92 Å². The Kier molecular flexibility index (Phi) is 5.09. The first kappa shape index (κ1) is 14.4. The fourth-order valence-corrected chi connectivity index (χ4v) is 1.37. The number of nitrogens with zero attached hydrogens (tertiary/aromatic N) is 1. The van der Waals surface area contributed by atoms with Crippen LogP contribution in [0.1, 0.15) is 27.7 Å². The average Bonchev–Trinajstić information content (AvgIpc) is 2.28. The molecule has 0 saturated heterocycles. The second-order valence-electron chi connectivity index (χ2n) is 4.67. The first-order valence-electron chi connectivity index (χ1n) is 5.96. The van der Waals surface area contributed by atoms with Crippen LogP contribution in [0.25, 0.3) is 0 Å². The van der Waals surface area contributed by atoms with Crippen LogP contribution in [-0.4, -0.2) is 17.3 Å². The fraction of sp³-hybridized carbons (Fsp3) is 0.538. The standard InChI is InChI=1S/C13H19NO4/c1-9(2)13(17-10(3)4)18-12-7-5-11(6-8-12)14(15)16/h5-10,13H,1-4H3. The van der Waals surface area contributed by atoms with Crippen molar-refractivity contribution in [2.24, 2.45) is 5.92 Å². The summed E-state index contributed by atoms with van der Waals surface area (Å²) in [5.41, 5.74) is 0.0493. The molecule has 1 aromatic carbocycles. The van der Waals surface area contributed by atoms with E-state index in [9.17, 15) is 10.1 Å². The monoisotopic (exact) mass is 253 g/mol. The third-order valence-corrected chi connectivity index (χ3v) is 2.25. The fourth-order valence-electron chi connectivity index (χ4n) is 1.37. The molecule has 1 rings (SSSR count). The van der Waals surface area contributed by atoms with E-state index >= 15 is 0 Å². The largest absolute Gasteiger partial charge is 0.465 e. The van der Waals surface area contributed by atoms with Gasteiger partial charge in [0.25, 0.3) is 5.69 Å². The van der Waals surface area contributed by atoms with Crippen molar-refractivity contribution in [3.05, 3.63) is 34.4 Å². The van der Waals surface area contributed by atoms with Crippen molar-refractivity contribution >= 4 is 5.69 Å². The summed E-state index contributed by atoms with van der Waals surface area (Å²) >= 11 is 0. The van der Waals surface area contributed by atoms with Crippen molar-refractivity contribution in [2.75, 3.05) is 0 Å². The summed E-state index contributed by atoms with van der Waals surface area (Å²) in [5.74, 6) is 0.766. The van der Waals surface area contributed by atoms with E-state index in [1.807, 2.05) is 27.7 Å². The Morgan fingerprint density at radius 2 is 1.67 bits per heavy atom. The molecule has 1 unspecified atom stereocenters. The lowest BCUT2D eigenvalue weighted by atomic mass is 10.2. The molecule has 0 amide bonds. The van der Waals surface area contributed by atoms with Crippen LogP contribution in [0.5, 0.6) is 5.75 Å². The van der Waals surface area contributed by atoms with Gasteiger partial charge in [0.2, 0.25) is 6.29 Å². The number of non-ortho nitro benzene ring substituents is 1. The second kappa shape index (κ2) is 6.35. The molecule has 0 aliphatic heterocycles. The lowest BCUT2D eigenvalue weighted by Crippen LogP contribution is -2.29. The van der Waals surface area contributed by atoms with Gasteiger partial charge in [-0.1, -0.05) is 13.8 Å². The zero-order valence-electron chi connectivity index (χ0n) is 11.1. The zero-order valence-corrected chi connectivity index (χ0v) is 11.1. The quantitative estimate of drug-likeness (QED) is 0.443. The molecule has 0 aromatic heterocycles. The van der Waals surface area contributed by atoms with Crippen LogP contribution in [0.15, 0.2) is 24.3 Å². The molecular weight excluding hydrogens is 234 g/mol. The van der Waals surface area contributed by atoms with Gasteiger partial charge in [-0.3, -0.25) is 10.1 Å². The molecule has 5 nitrogen and oxygen atoms in total. The molecule has 5 heteroatoms. The summed E-state index contributed by atoms with van der Waals surface area (Å²) in [6.07, 6.45) is -0.290. The van der Waals surface area contributed by atoms with Gasteiger partial charge in [-0.25, -0.2) is 0 Å². The SMILES string of the molecule is CC(C)OC(Oc1ccc([N+](=O)[O-])cc1)C(C)C. The number of benzene rings is 1. The van der Waals surface area contributed by atoms with Crippen LogP contribution in [0.3, 0.4) is 0 Å². The Morgan fingerprint density at radius 3 is 2.06 bits per heavy atom. The van der Waals surface area contributed by atoms with Crippen molar-refractivity contribution in [2.45, 2.75) is 40.1 Å². The van der Waals surface area contributed by atoms with Gasteiger partial charge in [0.15, 0.2) is 0 Å². The van der Waals surface area contributed by atoms with E-state index in [-0.39, 0.29) is 24.0 Å². The molecule has 0 radical (unpaired) electrons. The highest BCUT2D eigenvalue weighted by Gasteiger charge is 2.17. The molecule has 100 valence electrons. The smallest absolute Gasteiger partial charge is 0.269 e. The Balaban J connectivity index is 2.72. The summed E-state index contributed by atoms with van der Waals surface area (Å²) in [7, 11) is 0. The molecule has 18 heavy (non-hydrogen) atoms. The number of hydrogen-bond donors (Lipinski definition) is 0. The van der Waals surface area contributed by atoms with Gasteiger partial charge in [0, 0.05) is 18.1 Å². The van der Waals surface area contributed by atoms with E-state index in [1.54, 1.807) is 12.1 Å². The van der Waals surface area contributed by atoms with Gasteiger partial charge in [0.1, 0.15) is 5.75 Å². The summed E-state index contributed by atoms with van der Waals surface area (Å²) < 4.78 is 11.3. The number of ether oxygens (including phenoxy) is 2. The van der Waals surface area contributed by atoms with Gasteiger partial charge < -0.3 is 9.47 Å². The van der Waals surface area contributed by atoms with Gasteiger partial charge in [-0.2, -0.15) is 0 Å². The summed E-state index contributed by atoms with van der Waals surface area (Å²) in [6.45, 7) is 7.88. The summed E-state index contributed by atoms with van der Waals surface area (Å²) in [5, 5.41) is 10.5. The van der Waals surface area contributed by atoms with Crippen LogP contribution in [0, 0.1) is 16.0 Å². The molecule has 0 saturated carbocycles. The van der Waals surface area contributed by atoms with Crippen LogP contribution >= 0.6 is 0 Å². The van der Waals surface area contributed by atoms with Gasteiger partial charge in [-0.15, -0.1) is 0 Å². The summed E-state index contributed by atoms with van der Waals surface area (Å²) in [4.78, 5) is 10.1. The van der Waals surface area contributed by atoms with E-state index in [2.05, 4.69) is 0 Å². The maximum Gasteiger partial charge on any atom is 0.269 e. The first-order valence-corrected chi connectivity index (χ1v) is 5.96. The van der Waals surface area contributed by atoms with Gasteiger partial charge in [0.05, 0.1) is 11.0 Å². The predicted octanol–water partition coefficient (Wildman–Crippen LogP) is 3.38. The van der Waals surface area contributed by atoms with Crippen molar-refractivity contribution in [1.82, 2.24) is 0 Å². The van der Waals surface area contributed by atoms with Crippen LogP contribution in [0.2, 0.25) is 0 Å². The van der Waals surface area contributed by atoms with Crippen molar-refractivity contribution < 1.29 is 14.4 Å². The Bertz CT molecular complexity index is 386. The Morgan fingerprint density at radius 1 is 1.11 bits per heavy atom. The van der Waals surface area contributed by atoms with Crippen LogP contribution in [-0.2, 0) is 4.74 Å². The minimum absolute atomic E-state index is 0.0493. The maximum atomic E-state index is 10.5. The molecule has 0 bridgehead atoms. The molecule has 1 atom stereocenters. The Hall–Kier alpha value is -1.62. The van der Waals surface area contributed by atoms with Crippen LogP contribution < -0.4 is 4.74 Å². The number of hydrogen-bond acceptors (Lipinski definition) is 4. The lowest BCUT2D eigenvalue weighted by Gasteiger charge is -2.24. The van der Waals surface area contributed by atoms with E-state index in [1.165, 1.54) is 12.1 Å². The highest BCUT2D eigenvalue weighted by atomic mass is 16.7. The second-order valence-corrected chi connectivity index (χ2v) is 4.67. The third kappa shape index (κ3) is 4.33. The molecule has 0 heterocycles. The third-order valence-electron chi connectivity index (χ3n) is 2.25. The Labute approximate surface area is 107 Å². The minimum atomic E-state index is -0.436. The highest BCUT2D eigenvalue weighted by molar-refractivity contribution is 5.36. The van der Waals surface area contributed by atoms with E-state index in [4.69, 9.17) is 9.47 Å². The van der Waals surface area contributed by atoms with Gasteiger partial charge in [-0.05, 0) is 26.0 Å². The van der Waals surface area contributed by atoms with Crippen molar-refractivity contribution in [1.29, 1.82) is 0 Å². The molecule has 0 N–H and O–H groups in total. The van der Waals surface area contributed by atoms with Crippen LogP contribution in [0.4, 0.5) is 5.69 Å². The predicted molar refractivity (Wildman–Crippen MR) is 68.6 cm³/mol. The van der Waals surface area contributed by atoms with E-state index in [0.29, 0.717) is 5.75 Å². The molecular formula is C13H19NO4. The summed E-state index contributed by atoms with van der Waals surface area (Å²) in [6, 6.07) is 6.00. The molecule has 0 aliphatic carbocycles. The molecule has 0 fully saturated rings. The van der Waals surface area contributed by atoms with Crippen molar-refractivity contribution in [3.8, 4) is 5.75 Å². The van der Waals surface area contributed by atoms with Crippen molar-refractivity contribution in [3.63, 3.8) is 0 Å². The minimum Gasteiger partial charge on any atom is -0.465 e. The highest BCUT2D eigenvalue weighted by Crippen LogP contribution is 2.21. The molecule has 1 aromatic rings. The normalized spacial score (nSPS) is 12.8. The lowest BCUT2D eigenvalue weighted by molar-refractivity contribution is -0.384. The molecule has 0 spiro atoms. The van der Waals surface area contributed by atoms with E-state index in [0.717, 1.165) is 0 Å². The first-order chi connectivity index (χ1) is 8.40. The maximum absolute atomic E-state index is 10.5. The number of nitro benzene ring substituents is 1. The van der Waals surface area contributed by atoms with Gasteiger partial charge >= 0.3 is 0 Å². The number of rotatable bonds is 6. The topological polar surface area (TPSA) is 61.6 Å². The number of nitro groups is 1.